The molecular weight excluding hydrogens is 224 g/mol. The monoisotopic (exact) mass is 238 g/mol. The second kappa shape index (κ2) is 4.82. The van der Waals surface area contributed by atoms with Crippen LogP contribution in [0.5, 0.6) is 0 Å². The zero-order valence-electron chi connectivity index (χ0n) is 7.89. The fourth-order valence-electron chi connectivity index (χ4n) is 0.659. The Labute approximate surface area is 81.6 Å². The lowest BCUT2D eigenvalue weighted by Gasteiger charge is -2.25. The Morgan fingerprint density at radius 3 is 2.50 bits per heavy atom. The average molecular weight is 239 g/mol. The van der Waals surface area contributed by atoms with E-state index < -0.39 is 4.32 Å². The van der Waals surface area contributed by atoms with Crippen molar-refractivity contribution in [1.82, 2.24) is 0 Å². The molecule has 0 aliphatic carbocycles. The Bertz CT molecular complexity index is 156. The van der Waals surface area contributed by atoms with Crippen LogP contribution in [0.15, 0.2) is 0 Å². The summed E-state index contributed by atoms with van der Waals surface area (Å²) >= 11 is 3.27. The first kappa shape index (κ1) is 11.9. The molecule has 0 aliphatic rings. The van der Waals surface area contributed by atoms with Gasteiger partial charge < -0.3 is 9.47 Å². The first-order chi connectivity index (χ1) is 5.46. The second-order valence-electron chi connectivity index (χ2n) is 2.67. The van der Waals surface area contributed by atoms with Crippen molar-refractivity contribution < 1.29 is 14.3 Å². The van der Waals surface area contributed by atoms with Crippen LogP contribution in [0.25, 0.3) is 0 Å². The molecule has 0 aromatic heterocycles. The van der Waals surface area contributed by atoms with E-state index in [4.69, 9.17) is 9.47 Å². The van der Waals surface area contributed by atoms with Gasteiger partial charge >= 0.3 is 5.97 Å². The van der Waals surface area contributed by atoms with Crippen LogP contribution in [0.1, 0.15) is 20.8 Å². The highest BCUT2D eigenvalue weighted by molar-refractivity contribution is 9.10. The van der Waals surface area contributed by atoms with Crippen LogP contribution in [-0.2, 0) is 14.3 Å². The number of halogens is 1. The maximum absolute atomic E-state index is 11.3. The largest absolute Gasteiger partial charge is 0.465 e. The van der Waals surface area contributed by atoms with Crippen molar-refractivity contribution in [3.63, 3.8) is 0 Å². The van der Waals surface area contributed by atoms with E-state index in [1.807, 2.05) is 6.92 Å². The van der Waals surface area contributed by atoms with Gasteiger partial charge in [-0.2, -0.15) is 0 Å². The van der Waals surface area contributed by atoms with Gasteiger partial charge in [0.2, 0.25) is 0 Å². The first-order valence-electron chi connectivity index (χ1n) is 3.85. The van der Waals surface area contributed by atoms with E-state index in [1.165, 1.54) is 0 Å². The zero-order chi connectivity index (χ0) is 9.78. The number of ether oxygens (including phenoxy) is 2. The lowest BCUT2D eigenvalue weighted by atomic mass is 10.1. The molecule has 0 saturated carbocycles. The average Bonchev–Trinajstić information content (AvgIpc) is 2.03. The highest BCUT2D eigenvalue weighted by atomic mass is 79.9. The minimum Gasteiger partial charge on any atom is -0.465 e. The number of hydrogen-bond donors (Lipinski definition) is 0. The molecule has 0 rings (SSSR count). The number of hydrogen-bond acceptors (Lipinski definition) is 3. The Balaban J connectivity index is 4.27. The lowest BCUT2D eigenvalue weighted by molar-refractivity contribution is -0.148. The fraction of sp³-hybridized carbons (Fsp3) is 0.875. The fourth-order valence-corrected chi connectivity index (χ4v) is 0.961. The predicted octanol–water partition coefficient (Wildman–Crippen LogP) is 1.74. The molecule has 0 radical (unpaired) electrons. The van der Waals surface area contributed by atoms with Gasteiger partial charge in [0.15, 0.2) is 0 Å². The highest BCUT2D eigenvalue weighted by Crippen LogP contribution is 2.25. The Kier molecular flexibility index (Phi) is 4.78. The Morgan fingerprint density at radius 1 is 1.67 bits per heavy atom. The summed E-state index contributed by atoms with van der Waals surface area (Å²) in [5, 5.41) is 0. The molecule has 0 aromatic carbocycles. The van der Waals surface area contributed by atoms with Crippen molar-refractivity contribution in [2.75, 3.05) is 13.7 Å². The van der Waals surface area contributed by atoms with Crippen molar-refractivity contribution in [3.05, 3.63) is 0 Å². The predicted molar refractivity (Wildman–Crippen MR) is 50.4 cm³/mol. The molecule has 12 heavy (non-hydrogen) atoms. The van der Waals surface area contributed by atoms with E-state index >= 15 is 0 Å². The van der Waals surface area contributed by atoms with Crippen LogP contribution < -0.4 is 0 Å². The summed E-state index contributed by atoms with van der Waals surface area (Å²) in [5.74, 6) is -0.292. The molecule has 0 fully saturated rings. The molecule has 0 amide bonds. The van der Waals surface area contributed by atoms with Crippen LogP contribution in [0, 0.1) is 0 Å². The van der Waals surface area contributed by atoms with Crippen molar-refractivity contribution >= 4 is 21.9 Å². The standard InChI is InChI=1S/C8H15BrO3/c1-5-12-7(10)8(3,9)6(2)11-4/h6H,5H2,1-4H3. The number of esters is 1. The van der Waals surface area contributed by atoms with E-state index in [9.17, 15) is 4.79 Å². The summed E-state index contributed by atoms with van der Waals surface area (Å²) < 4.78 is 9.15. The number of rotatable bonds is 4. The molecule has 0 heterocycles. The van der Waals surface area contributed by atoms with E-state index in [-0.39, 0.29) is 12.1 Å². The van der Waals surface area contributed by atoms with Gasteiger partial charge in [0.1, 0.15) is 4.32 Å². The van der Waals surface area contributed by atoms with Crippen LogP contribution in [0.4, 0.5) is 0 Å². The number of methoxy groups -OCH3 is 1. The molecule has 0 aliphatic heterocycles. The third kappa shape index (κ3) is 2.75. The molecule has 0 aromatic rings. The van der Waals surface area contributed by atoms with Gasteiger partial charge in [-0.1, -0.05) is 15.9 Å². The molecule has 3 nitrogen and oxygen atoms in total. The number of carbonyl (C=O) groups excluding carboxylic acids is 1. The van der Waals surface area contributed by atoms with Crippen LogP contribution >= 0.6 is 15.9 Å². The summed E-state index contributed by atoms with van der Waals surface area (Å²) in [5.41, 5.74) is 0. The molecule has 0 saturated heterocycles. The summed E-state index contributed by atoms with van der Waals surface area (Å²) in [4.78, 5) is 11.3. The van der Waals surface area contributed by atoms with Gasteiger partial charge in [-0.3, -0.25) is 4.79 Å². The topological polar surface area (TPSA) is 35.5 Å². The first-order valence-corrected chi connectivity index (χ1v) is 4.65. The van der Waals surface area contributed by atoms with E-state index in [0.717, 1.165) is 0 Å². The van der Waals surface area contributed by atoms with Crippen molar-refractivity contribution in [2.24, 2.45) is 0 Å². The molecule has 0 spiro atoms. The molecule has 0 N–H and O–H groups in total. The smallest absolute Gasteiger partial charge is 0.325 e. The maximum Gasteiger partial charge on any atom is 0.325 e. The van der Waals surface area contributed by atoms with Crippen LogP contribution in [0.2, 0.25) is 0 Å². The molecule has 72 valence electrons. The molecule has 2 atom stereocenters. The van der Waals surface area contributed by atoms with Gasteiger partial charge in [0, 0.05) is 7.11 Å². The summed E-state index contributed by atoms with van der Waals surface area (Å²) in [6, 6.07) is 0. The van der Waals surface area contributed by atoms with Gasteiger partial charge in [-0.15, -0.1) is 0 Å². The van der Waals surface area contributed by atoms with Crippen molar-refractivity contribution in [3.8, 4) is 0 Å². The summed E-state index contributed by atoms with van der Waals surface area (Å²) in [6.45, 7) is 5.71. The molecule has 0 bridgehead atoms. The summed E-state index contributed by atoms with van der Waals surface area (Å²) in [7, 11) is 1.56. The summed E-state index contributed by atoms with van der Waals surface area (Å²) in [6.07, 6.45) is -0.212. The van der Waals surface area contributed by atoms with Crippen LogP contribution in [-0.4, -0.2) is 30.1 Å². The van der Waals surface area contributed by atoms with Crippen molar-refractivity contribution in [2.45, 2.75) is 31.2 Å². The van der Waals surface area contributed by atoms with E-state index in [1.54, 1.807) is 21.0 Å². The minimum absolute atomic E-state index is 0.212. The van der Waals surface area contributed by atoms with Gasteiger partial charge in [0.05, 0.1) is 12.7 Å². The third-order valence-electron chi connectivity index (χ3n) is 1.79. The molecule has 2 unspecified atom stereocenters. The SMILES string of the molecule is CCOC(=O)C(C)(Br)C(C)OC. The zero-order valence-corrected chi connectivity index (χ0v) is 9.47. The number of carbonyl (C=O) groups is 1. The molecule has 4 heteroatoms. The quantitative estimate of drug-likeness (QED) is 0.553. The van der Waals surface area contributed by atoms with E-state index in [2.05, 4.69) is 15.9 Å². The van der Waals surface area contributed by atoms with Gasteiger partial charge in [-0.05, 0) is 20.8 Å². The third-order valence-corrected chi connectivity index (χ3v) is 2.76. The Hall–Kier alpha value is -0.0900. The van der Waals surface area contributed by atoms with Crippen molar-refractivity contribution in [1.29, 1.82) is 0 Å². The lowest BCUT2D eigenvalue weighted by Crippen LogP contribution is -2.41. The Morgan fingerprint density at radius 2 is 2.17 bits per heavy atom. The molecular formula is C8H15BrO3. The minimum atomic E-state index is -0.752. The second-order valence-corrected chi connectivity index (χ2v) is 4.32. The van der Waals surface area contributed by atoms with Gasteiger partial charge in [0.25, 0.3) is 0 Å². The number of alkyl halides is 1. The van der Waals surface area contributed by atoms with E-state index in [0.29, 0.717) is 6.61 Å². The highest BCUT2D eigenvalue weighted by Gasteiger charge is 2.37. The maximum atomic E-state index is 11.3. The van der Waals surface area contributed by atoms with Crippen LogP contribution in [0.3, 0.4) is 0 Å². The van der Waals surface area contributed by atoms with Gasteiger partial charge in [-0.25, -0.2) is 0 Å². The normalized spacial score (nSPS) is 18.1.